The van der Waals surface area contributed by atoms with E-state index in [2.05, 4.69) is 38.6 Å². The summed E-state index contributed by atoms with van der Waals surface area (Å²) in [4.78, 5) is 27.8. The Kier molecular flexibility index (Phi) is 7.83. The van der Waals surface area contributed by atoms with Crippen LogP contribution in [0.15, 0.2) is 36.4 Å². The molecule has 0 N–H and O–H groups in total. The van der Waals surface area contributed by atoms with Gasteiger partial charge >= 0.3 is 0 Å². The maximum Gasteiger partial charge on any atom is 0.277 e. The average Bonchev–Trinajstić information content (AvgIpc) is 3.31. The zero-order valence-electron chi connectivity index (χ0n) is 20.3. The van der Waals surface area contributed by atoms with Crippen LogP contribution in [0, 0.1) is 5.92 Å². The number of ether oxygens (including phenoxy) is 2. The summed E-state index contributed by atoms with van der Waals surface area (Å²) in [6.07, 6.45) is 2.90. The summed E-state index contributed by atoms with van der Waals surface area (Å²) in [5.74, 6) is 1.52. The molecule has 190 valence electrons. The number of amides is 2. The van der Waals surface area contributed by atoms with Gasteiger partial charge in [0.1, 0.15) is 12.3 Å². The van der Waals surface area contributed by atoms with E-state index in [0.717, 1.165) is 60.3 Å². The summed E-state index contributed by atoms with van der Waals surface area (Å²) in [6.45, 7) is 5.83. The molecule has 9 heteroatoms. The van der Waals surface area contributed by atoms with Gasteiger partial charge in [0, 0.05) is 35.7 Å². The summed E-state index contributed by atoms with van der Waals surface area (Å²) >= 11 is 9.00. The first-order valence-corrected chi connectivity index (χ1v) is 14.4. The highest BCUT2D eigenvalue weighted by atomic mass is 127. The van der Waals surface area contributed by atoms with E-state index < -0.39 is 0 Å². The van der Waals surface area contributed by atoms with Gasteiger partial charge in [-0.25, -0.2) is 9.13 Å². The molecule has 5 rings (SSSR count). The first-order chi connectivity index (χ1) is 17.5. The van der Waals surface area contributed by atoms with Crippen molar-refractivity contribution in [2.24, 2.45) is 5.92 Å². The lowest BCUT2D eigenvalue weighted by Crippen LogP contribution is -2.42. The molecule has 2 amide bonds. The summed E-state index contributed by atoms with van der Waals surface area (Å²) in [5, 5.41) is 0.564. The molecule has 0 unspecified atom stereocenters. The minimum absolute atomic E-state index is 0.195. The minimum atomic E-state index is -0.248. The number of aromatic nitrogens is 2. The van der Waals surface area contributed by atoms with Gasteiger partial charge in [-0.1, -0.05) is 46.3 Å². The van der Waals surface area contributed by atoms with Crippen molar-refractivity contribution < 1.29 is 23.6 Å². The Hall–Kier alpha value is -2.17. The second kappa shape index (κ2) is 11.1. The Morgan fingerprint density at radius 1 is 1.14 bits per heavy atom. The SMILES string of the molecule is CC[n+]1c(CN2C(=O)c3ccccc3C2=O)n(CC2CCOCC2)c2cc(OCCCI)c(Cl)cc21. The molecule has 7 nitrogen and oxygen atoms in total. The number of hydrogen-bond donors (Lipinski definition) is 0. The highest BCUT2D eigenvalue weighted by molar-refractivity contribution is 14.1. The van der Waals surface area contributed by atoms with Crippen LogP contribution in [0.1, 0.15) is 52.7 Å². The third-order valence-electron chi connectivity index (χ3n) is 7.04. The maximum absolute atomic E-state index is 13.2. The van der Waals surface area contributed by atoms with Crippen LogP contribution < -0.4 is 9.30 Å². The molecule has 0 saturated carbocycles. The number of imidazole rings is 1. The molecule has 3 aromatic rings. The topological polar surface area (TPSA) is 64.7 Å². The number of aryl methyl sites for hydroxylation is 1. The second-order valence-corrected chi connectivity index (χ2v) is 10.7. The molecule has 0 aliphatic carbocycles. The van der Waals surface area contributed by atoms with Gasteiger partial charge in [-0.15, -0.1) is 0 Å². The fourth-order valence-corrected chi connectivity index (χ4v) is 5.70. The zero-order chi connectivity index (χ0) is 25.2. The molecule has 2 aromatic carbocycles. The predicted molar refractivity (Wildman–Crippen MR) is 146 cm³/mol. The van der Waals surface area contributed by atoms with Crippen LogP contribution in [0.25, 0.3) is 11.0 Å². The largest absolute Gasteiger partial charge is 0.492 e. The molecule has 2 aliphatic heterocycles. The van der Waals surface area contributed by atoms with Gasteiger partial charge in [-0.2, -0.15) is 0 Å². The van der Waals surface area contributed by atoms with Crippen molar-refractivity contribution in [1.29, 1.82) is 0 Å². The van der Waals surface area contributed by atoms with Crippen molar-refractivity contribution in [3.63, 3.8) is 0 Å². The molecule has 1 saturated heterocycles. The van der Waals surface area contributed by atoms with Crippen LogP contribution in [0.3, 0.4) is 0 Å². The molecule has 1 fully saturated rings. The van der Waals surface area contributed by atoms with E-state index in [9.17, 15) is 9.59 Å². The molecule has 0 radical (unpaired) electrons. The van der Waals surface area contributed by atoms with Gasteiger partial charge in [0.15, 0.2) is 11.0 Å². The summed E-state index contributed by atoms with van der Waals surface area (Å²) < 4.78 is 17.1. The van der Waals surface area contributed by atoms with Gasteiger partial charge in [0.05, 0.1) is 35.8 Å². The first-order valence-electron chi connectivity index (χ1n) is 12.5. The Morgan fingerprint density at radius 2 is 1.83 bits per heavy atom. The molecule has 0 atom stereocenters. The Morgan fingerprint density at radius 3 is 2.47 bits per heavy atom. The smallest absolute Gasteiger partial charge is 0.277 e. The van der Waals surface area contributed by atoms with E-state index in [1.165, 1.54) is 4.90 Å². The molecule has 36 heavy (non-hydrogen) atoms. The first kappa shape index (κ1) is 25.5. The zero-order valence-corrected chi connectivity index (χ0v) is 23.3. The van der Waals surface area contributed by atoms with E-state index in [0.29, 0.717) is 41.0 Å². The van der Waals surface area contributed by atoms with Crippen molar-refractivity contribution >= 4 is 57.0 Å². The molecule has 0 bridgehead atoms. The van der Waals surface area contributed by atoms with Crippen molar-refractivity contribution in [2.75, 3.05) is 24.2 Å². The minimum Gasteiger partial charge on any atom is -0.492 e. The predicted octanol–water partition coefficient (Wildman–Crippen LogP) is 5.03. The maximum atomic E-state index is 13.2. The van der Waals surface area contributed by atoms with E-state index in [-0.39, 0.29) is 18.4 Å². The number of nitrogens with zero attached hydrogens (tertiary/aromatic N) is 3. The molecule has 1 aromatic heterocycles. The van der Waals surface area contributed by atoms with Crippen molar-refractivity contribution in [1.82, 2.24) is 9.47 Å². The van der Waals surface area contributed by atoms with Crippen LogP contribution in [-0.4, -0.2) is 45.5 Å². The number of rotatable bonds is 9. The highest BCUT2D eigenvalue weighted by Gasteiger charge is 2.39. The monoisotopic (exact) mass is 622 g/mol. The Balaban J connectivity index is 1.59. The molecular weight excluding hydrogens is 593 g/mol. The Bertz CT molecular complexity index is 1270. The number of hydrogen-bond acceptors (Lipinski definition) is 4. The third kappa shape index (κ3) is 4.75. The van der Waals surface area contributed by atoms with Crippen molar-refractivity contribution in [3.8, 4) is 5.75 Å². The van der Waals surface area contributed by atoms with Crippen LogP contribution in [0.5, 0.6) is 5.75 Å². The van der Waals surface area contributed by atoms with Crippen LogP contribution in [0.2, 0.25) is 5.02 Å². The number of imide groups is 1. The van der Waals surface area contributed by atoms with Crippen LogP contribution >= 0.6 is 34.2 Å². The molecule has 3 heterocycles. The summed E-state index contributed by atoms with van der Waals surface area (Å²) in [6, 6.07) is 11.0. The van der Waals surface area contributed by atoms with Crippen molar-refractivity contribution in [2.45, 2.75) is 45.8 Å². The molecule has 2 aliphatic rings. The number of carbonyl (C=O) groups is 2. The van der Waals surface area contributed by atoms with Gasteiger partial charge in [-0.05, 0) is 38.3 Å². The quantitative estimate of drug-likeness (QED) is 0.110. The lowest BCUT2D eigenvalue weighted by Gasteiger charge is -2.21. The second-order valence-electron chi connectivity index (χ2n) is 9.23. The van der Waals surface area contributed by atoms with Gasteiger partial charge in [0.25, 0.3) is 17.6 Å². The summed E-state index contributed by atoms with van der Waals surface area (Å²) in [7, 11) is 0. The highest BCUT2D eigenvalue weighted by Crippen LogP contribution is 2.33. The van der Waals surface area contributed by atoms with Crippen LogP contribution in [-0.2, 0) is 24.4 Å². The number of carbonyl (C=O) groups excluding carboxylic acids is 2. The number of benzene rings is 2. The van der Waals surface area contributed by atoms with E-state index in [1.54, 1.807) is 24.3 Å². The fraction of sp³-hybridized carbons (Fsp3) is 0.444. The van der Waals surface area contributed by atoms with Crippen molar-refractivity contribution in [3.05, 3.63) is 58.4 Å². The lowest BCUT2D eigenvalue weighted by atomic mass is 10.0. The third-order valence-corrected chi connectivity index (χ3v) is 8.10. The average molecular weight is 623 g/mol. The lowest BCUT2D eigenvalue weighted by molar-refractivity contribution is -0.677. The number of fused-ring (bicyclic) bond motifs is 2. The van der Waals surface area contributed by atoms with E-state index in [4.69, 9.17) is 21.1 Å². The van der Waals surface area contributed by atoms with E-state index in [1.807, 2.05) is 12.1 Å². The fourth-order valence-electron chi connectivity index (χ4n) is 5.17. The number of alkyl halides is 1. The molecule has 0 spiro atoms. The normalized spacial score (nSPS) is 16.2. The van der Waals surface area contributed by atoms with Crippen LogP contribution in [0.4, 0.5) is 0 Å². The Labute approximate surface area is 229 Å². The number of halogens is 2. The standard InChI is InChI=1S/C27H30ClIN3O4/c1-2-30-22-14-21(28)24(36-11-5-10-29)15-23(22)31(16-18-8-12-35-13-9-18)25(30)17-32-26(33)19-6-3-4-7-20(19)27(32)34/h3-4,6-7,14-15,18H,2,5,8-13,16-17H2,1H3/q+1. The van der Waals surface area contributed by atoms with E-state index >= 15 is 0 Å². The summed E-state index contributed by atoms with van der Waals surface area (Å²) in [5.41, 5.74) is 2.91. The van der Waals surface area contributed by atoms with Gasteiger partial charge < -0.3 is 9.47 Å². The molecular formula is C27H30ClIN3O4+. The van der Waals surface area contributed by atoms with Gasteiger partial charge in [-0.3, -0.25) is 14.5 Å². The van der Waals surface area contributed by atoms with Gasteiger partial charge in [0.2, 0.25) is 0 Å².